The van der Waals surface area contributed by atoms with Crippen LogP contribution in [0.25, 0.3) is 0 Å². The predicted octanol–water partition coefficient (Wildman–Crippen LogP) is 3.30. The fraction of sp³-hybridized carbons (Fsp3) is 0.583. The average Bonchev–Trinajstić information content (AvgIpc) is 2.33. The molecule has 0 saturated heterocycles. The fourth-order valence-electron chi connectivity index (χ4n) is 1.28. The molecule has 0 aliphatic rings. The Bertz CT molecular complexity index is 294. The molecule has 90 valence electrons. The molecule has 0 radical (unpaired) electrons. The highest BCUT2D eigenvalue weighted by atomic mass is 35.5. The van der Waals surface area contributed by atoms with Crippen molar-refractivity contribution in [1.82, 2.24) is 4.98 Å². The zero-order chi connectivity index (χ0) is 11.6. The smallest absolute Gasteiger partial charge is 0.168 e. The maximum absolute atomic E-state index is 5.61. The van der Waals surface area contributed by atoms with Crippen molar-refractivity contribution in [2.75, 3.05) is 24.3 Å². The van der Waals surface area contributed by atoms with E-state index in [9.17, 15) is 0 Å². The first-order valence-electron chi connectivity index (χ1n) is 5.76. The van der Waals surface area contributed by atoms with Gasteiger partial charge >= 0.3 is 0 Å². The molecule has 1 heterocycles. The van der Waals surface area contributed by atoms with Gasteiger partial charge in [0.05, 0.1) is 6.61 Å². The number of hydrogen-bond acceptors (Lipinski definition) is 3. The highest BCUT2D eigenvalue weighted by Gasteiger charge is 2.02. The van der Waals surface area contributed by atoms with Crippen molar-refractivity contribution < 1.29 is 4.74 Å². The summed E-state index contributed by atoms with van der Waals surface area (Å²) in [6.07, 6.45) is 4.84. The summed E-state index contributed by atoms with van der Waals surface area (Å²) in [5.41, 5.74) is 0. The summed E-state index contributed by atoms with van der Waals surface area (Å²) >= 11 is 5.61. The van der Waals surface area contributed by atoms with Gasteiger partial charge in [0.25, 0.3) is 0 Å². The average molecular weight is 243 g/mol. The van der Waals surface area contributed by atoms with Gasteiger partial charge in [-0.1, -0.05) is 6.92 Å². The van der Waals surface area contributed by atoms with Gasteiger partial charge in [0.2, 0.25) is 0 Å². The van der Waals surface area contributed by atoms with E-state index in [1.165, 1.54) is 0 Å². The number of rotatable bonds is 8. The number of unbranched alkanes of at least 4 members (excludes halogenated alkanes) is 1. The Labute approximate surface area is 102 Å². The molecule has 0 aromatic carbocycles. The number of pyridine rings is 1. The molecule has 0 unspecified atom stereocenters. The van der Waals surface area contributed by atoms with Crippen LogP contribution in [0, 0.1) is 0 Å². The second-order valence-electron chi connectivity index (χ2n) is 3.52. The summed E-state index contributed by atoms with van der Waals surface area (Å²) in [5, 5.41) is 3.26. The summed E-state index contributed by atoms with van der Waals surface area (Å²) in [4.78, 5) is 4.26. The SMILES string of the molecule is CCCOc1cccnc1NCCCCCl. The van der Waals surface area contributed by atoms with Crippen molar-refractivity contribution in [2.45, 2.75) is 26.2 Å². The number of hydrogen-bond donors (Lipinski definition) is 1. The van der Waals surface area contributed by atoms with Gasteiger partial charge in [-0.05, 0) is 31.4 Å². The van der Waals surface area contributed by atoms with Gasteiger partial charge in [-0.3, -0.25) is 0 Å². The molecule has 0 bridgehead atoms. The minimum absolute atomic E-state index is 0.711. The molecule has 0 spiro atoms. The van der Waals surface area contributed by atoms with Crippen LogP contribution < -0.4 is 10.1 Å². The van der Waals surface area contributed by atoms with E-state index in [4.69, 9.17) is 16.3 Å². The van der Waals surface area contributed by atoms with Crippen molar-refractivity contribution in [3.63, 3.8) is 0 Å². The molecule has 3 nitrogen and oxygen atoms in total. The first kappa shape index (κ1) is 13.1. The van der Waals surface area contributed by atoms with Crippen molar-refractivity contribution in [3.05, 3.63) is 18.3 Å². The largest absolute Gasteiger partial charge is 0.490 e. The molecule has 0 aliphatic carbocycles. The van der Waals surface area contributed by atoms with Gasteiger partial charge in [0.15, 0.2) is 11.6 Å². The van der Waals surface area contributed by atoms with Gasteiger partial charge in [-0.25, -0.2) is 4.98 Å². The Morgan fingerprint density at radius 2 is 2.31 bits per heavy atom. The number of alkyl halides is 1. The van der Waals surface area contributed by atoms with Gasteiger partial charge < -0.3 is 10.1 Å². The van der Waals surface area contributed by atoms with Crippen molar-refractivity contribution in [3.8, 4) is 5.75 Å². The molecule has 0 fully saturated rings. The standard InChI is InChI=1S/C12H19ClN2O/c1-2-10-16-11-6-5-9-15-12(11)14-8-4-3-7-13/h5-6,9H,2-4,7-8,10H2,1H3,(H,14,15). The maximum atomic E-state index is 5.61. The summed E-state index contributed by atoms with van der Waals surface area (Å²) in [5.74, 6) is 2.36. The molecule has 0 atom stereocenters. The highest BCUT2D eigenvalue weighted by Crippen LogP contribution is 2.20. The van der Waals surface area contributed by atoms with Crippen molar-refractivity contribution in [1.29, 1.82) is 0 Å². The van der Waals surface area contributed by atoms with Crippen LogP contribution in [0.4, 0.5) is 5.82 Å². The second-order valence-corrected chi connectivity index (χ2v) is 3.90. The van der Waals surface area contributed by atoms with Gasteiger partial charge in [-0.15, -0.1) is 11.6 Å². The molecule has 1 rings (SSSR count). The Balaban J connectivity index is 2.43. The van der Waals surface area contributed by atoms with Crippen LogP contribution in [0.5, 0.6) is 5.75 Å². The molecule has 1 N–H and O–H groups in total. The Hall–Kier alpha value is -0.960. The van der Waals surface area contributed by atoms with E-state index in [0.29, 0.717) is 5.88 Å². The molecule has 16 heavy (non-hydrogen) atoms. The number of ether oxygens (including phenoxy) is 1. The van der Waals surface area contributed by atoms with Crippen LogP contribution in [-0.2, 0) is 0 Å². The number of nitrogens with zero attached hydrogens (tertiary/aromatic N) is 1. The van der Waals surface area contributed by atoms with Crippen LogP contribution >= 0.6 is 11.6 Å². The van der Waals surface area contributed by atoms with E-state index in [1.54, 1.807) is 6.20 Å². The Morgan fingerprint density at radius 1 is 1.44 bits per heavy atom. The lowest BCUT2D eigenvalue weighted by Crippen LogP contribution is -2.06. The predicted molar refractivity (Wildman–Crippen MR) is 68.5 cm³/mol. The van der Waals surface area contributed by atoms with Gasteiger partial charge in [0.1, 0.15) is 0 Å². The Kier molecular flexibility index (Phi) is 6.74. The fourth-order valence-corrected chi connectivity index (χ4v) is 1.47. The topological polar surface area (TPSA) is 34.1 Å². The van der Waals surface area contributed by atoms with E-state index < -0.39 is 0 Å². The maximum Gasteiger partial charge on any atom is 0.168 e. The number of aromatic nitrogens is 1. The number of halogens is 1. The lowest BCUT2D eigenvalue weighted by Gasteiger charge is -2.11. The molecule has 1 aromatic rings. The third-order valence-corrected chi connectivity index (χ3v) is 2.35. The molecule has 0 aliphatic heterocycles. The third-order valence-electron chi connectivity index (χ3n) is 2.09. The van der Waals surface area contributed by atoms with E-state index in [-0.39, 0.29) is 0 Å². The normalized spacial score (nSPS) is 10.1. The number of nitrogens with one attached hydrogen (secondary N) is 1. The van der Waals surface area contributed by atoms with Gasteiger partial charge in [0, 0.05) is 18.6 Å². The first-order valence-corrected chi connectivity index (χ1v) is 6.29. The van der Waals surface area contributed by atoms with E-state index in [0.717, 1.165) is 44.0 Å². The minimum atomic E-state index is 0.711. The quantitative estimate of drug-likeness (QED) is 0.561. The summed E-state index contributed by atoms with van der Waals surface area (Å²) < 4.78 is 5.59. The van der Waals surface area contributed by atoms with Crippen LogP contribution in [0.15, 0.2) is 18.3 Å². The minimum Gasteiger partial charge on any atom is -0.490 e. The summed E-state index contributed by atoms with van der Waals surface area (Å²) in [6, 6.07) is 3.82. The van der Waals surface area contributed by atoms with Crippen LogP contribution in [0.2, 0.25) is 0 Å². The van der Waals surface area contributed by atoms with Gasteiger partial charge in [-0.2, -0.15) is 0 Å². The lowest BCUT2D eigenvalue weighted by atomic mass is 10.3. The molecule has 1 aromatic heterocycles. The third kappa shape index (κ3) is 4.71. The Morgan fingerprint density at radius 3 is 3.06 bits per heavy atom. The van der Waals surface area contributed by atoms with E-state index >= 15 is 0 Å². The number of anilines is 1. The lowest BCUT2D eigenvalue weighted by molar-refractivity contribution is 0.318. The highest BCUT2D eigenvalue weighted by molar-refractivity contribution is 6.17. The molecule has 0 amide bonds. The second kappa shape index (κ2) is 8.22. The van der Waals surface area contributed by atoms with E-state index in [1.807, 2.05) is 12.1 Å². The zero-order valence-corrected chi connectivity index (χ0v) is 10.5. The van der Waals surface area contributed by atoms with Crippen molar-refractivity contribution >= 4 is 17.4 Å². The molecule has 4 heteroatoms. The molecular weight excluding hydrogens is 224 g/mol. The summed E-state index contributed by atoms with van der Waals surface area (Å²) in [6.45, 7) is 3.69. The van der Waals surface area contributed by atoms with Crippen LogP contribution in [0.1, 0.15) is 26.2 Å². The monoisotopic (exact) mass is 242 g/mol. The summed E-state index contributed by atoms with van der Waals surface area (Å²) in [7, 11) is 0. The van der Waals surface area contributed by atoms with Crippen LogP contribution in [-0.4, -0.2) is 24.0 Å². The molecular formula is C12H19ClN2O. The van der Waals surface area contributed by atoms with Crippen LogP contribution in [0.3, 0.4) is 0 Å². The van der Waals surface area contributed by atoms with E-state index in [2.05, 4.69) is 17.2 Å². The first-order chi connectivity index (χ1) is 7.88. The molecule has 0 saturated carbocycles. The van der Waals surface area contributed by atoms with Crippen molar-refractivity contribution in [2.24, 2.45) is 0 Å². The zero-order valence-electron chi connectivity index (χ0n) is 9.71.